The molecule has 1 atom stereocenters. The van der Waals surface area contributed by atoms with Crippen molar-refractivity contribution < 1.29 is 9.53 Å². The van der Waals surface area contributed by atoms with Crippen LogP contribution in [0.15, 0.2) is 54.6 Å². The number of piperidine rings is 1. The molecular weight excluding hydrogens is 336 g/mol. The number of hydrogen-bond acceptors (Lipinski definition) is 3. The molecule has 4 nitrogen and oxygen atoms in total. The van der Waals surface area contributed by atoms with E-state index in [1.807, 2.05) is 30.3 Å². The van der Waals surface area contributed by atoms with Gasteiger partial charge in [0.2, 0.25) is 0 Å². The fourth-order valence-corrected chi connectivity index (χ4v) is 3.78. The lowest BCUT2D eigenvalue weighted by Crippen LogP contribution is -2.42. The van der Waals surface area contributed by atoms with Crippen molar-refractivity contribution in [3.05, 3.63) is 71.3 Å². The van der Waals surface area contributed by atoms with Gasteiger partial charge in [0.25, 0.3) is 5.91 Å². The Labute approximate surface area is 162 Å². The smallest absolute Gasteiger partial charge is 0.251 e. The predicted molar refractivity (Wildman–Crippen MR) is 109 cm³/mol. The van der Waals surface area contributed by atoms with Crippen LogP contribution in [-0.2, 0) is 11.3 Å². The van der Waals surface area contributed by atoms with Gasteiger partial charge in [0.15, 0.2) is 0 Å². The highest BCUT2D eigenvalue weighted by Gasteiger charge is 2.25. The second-order valence-electron chi connectivity index (χ2n) is 7.45. The Hall–Kier alpha value is -2.17. The Morgan fingerprint density at radius 3 is 2.48 bits per heavy atom. The maximum Gasteiger partial charge on any atom is 0.251 e. The molecule has 1 saturated heterocycles. The van der Waals surface area contributed by atoms with Crippen LogP contribution >= 0.6 is 0 Å². The van der Waals surface area contributed by atoms with E-state index < -0.39 is 0 Å². The van der Waals surface area contributed by atoms with Gasteiger partial charge in [-0.15, -0.1) is 0 Å². The first kappa shape index (κ1) is 19.6. The minimum Gasteiger partial charge on any atom is -0.380 e. The Bertz CT molecular complexity index is 724. The summed E-state index contributed by atoms with van der Waals surface area (Å²) in [5, 5.41) is 3.17. The molecule has 0 aliphatic carbocycles. The molecule has 0 bridgehead atoms. The van der Waals surface area contributed by atoms with Gasteiger partial charge in [-0.1, -0.05) is 55.5 Å². The zero-order chi connectivity index (χ0) is 19.1. The Morgan fingerprint density at radius 2 is 1.78 bits per heavy atom. The number of methoxy groups -OCH3 is 1. The van der Waals surface area contributed by atoms with Crippen molar-refractivity contribution in [1.29, 1.82) is 0 Å². The van der Waals surface area contributed by atoms with Crippen LogP contribution in [0.25, 0.3) is 0 Å². The summed E-state index contributed by atoms with van der Waals surface area (Å²) < 4.78 is 5.23. The summed E-state index contributed by atoms with van der Waals surface area (Å²) in [6, 6.07) is 18.4. The molecule has 1 amide bonds. The van der Waals surface area contributed by atoms with Crippen molar-refractivity contribution in [1.82, 2.24) is 10.2 Å². The third-order valence-corrected chi connectivity index (χ3v) is 5.46. The van der Waals surface area contributed by atoms with Gasteiger partial charge >= 0.3 is 0 Å². The van der Waals surface area contributed by atoms with E-state index >= 15 is 0 Å². The lowest BCUT2D eigenvalue weighted by molar-refractivity contribution is 0.0908. The Balaban J connectivity index is 1.72. The quantitative estimate of drug-likeness (QED) is 0.804. The number of carbonyl (C=O) groups is 1. The molecule has 0 aromatic heterocycles. The van der Waals surface area contributed by atoms with Crippen LogP contribution < -0.4 is 5.32 Å². The van der Waals surface area contributed by atoms with Crippen LogP contribution in [0.1, 0.15) is 47.3 Å². The van der Waals surface area contributed by atoms with Crippen LogP contribution in [0.3, 0.4) is 0 Å². The SMILES string of the molecule is COCc1ccccc1C(=O)NCC(c1ccccc1)N1CCC(C)CC1. The normalized spacial score (nSPS) is 16.8. The first-order valence-corrected chi connectivity index (χ1v) is 9.83. The molecule has 2 aromatic carbocycles. The van der Waals surface area contributed by atoms with Gasteiger partial charge in [-0.2, -0.15) is 0 Å². The number of nitrogens with zero attached hydrogens (tertiary/aromatic N) is 1. The molecule has 4 heteroatoms. The predicted octanol–water partition coefficient (Wildman–Crippen LogP) is 4.04. The fraction of sp³-hybridized carbons (Fsp3) is 0.435. The molecule has 1 heterocycles. The van der Waals surface area contributed by atoms with Gasteiger partial charge in [0.1, 0.15) is 0 Å². The summed E-state index contributed by atoms with van der Waals surface area (Å²) in [4.78, 5) is 15.3. The van der Waals surface area contributed by atoms with Gasteiger partial charge in [0.05, 0.1) is 12.6 Å². The first-order chi connectivity index (χ1) is 13.2. The van der Waals surface area contributed by atoms with E-state index in [4.69, 9.17) is 4.74 Å². The molecule has 144 valence electrons. The van der Waals surface area contributed by atoms with Crippen molar-refractivity contribution in [2.45, 2.75) is 32.4 Å². The molecule has 1 N–H and O–H groups in total. The molecule has 0 radical (unpaired) electrons. The first-order valence-electron chi connectivity index (χ1n) is 9.83. The molecular formula is C23H30N2O2. The molecule has 1 fully saturated rings. The van der Waals surface area contributed by atoms with Gasteiger partial charge < -0.3 is 10.1 Å². The van der Waals surface area contributed by atoms with E-state index in [0.29, 0.717) is 18.7 Å². The fourth-order valence-electron chi connectivity index (χ4n) is 3.78. The van der Waals surface area contributed by atoms with Crippen molar-refractivity contribution in [2.24, 2.45) is 5.92 Å². The summed E-state index contributed by atoms with van der Waals surface area (Å²) in [5.41, 5.74) is 2.87. The summed E-state index contributed by atoms with van der Waals surface area (Å²) >= 11 is 0. The molecule has 1 aliphatic heterocycles. The average molecular weight is 367 g/mol. The van der Waals surface area contributed by atoms with Crippen molar-refractivity contribution in [2.75, 3.05) is 26.7 Å². The molecule has 1 aliphatic rings. The number of ether oxygens (including phenoxy) is 1. The monoisotopic (exact) mass is 366 g/mol. The highest BCUT2D eigenvalue weighted by atomic mass is 16.5. The van der Waals surface area contributed by atoms with Gasteiger partial charge in [-0.05, 0) is 49.0 Å². The third kappa shape index (κ3) is 5.18. The van der Waals surface area contributed by atoms with Crippen molar-refractivity contribution in [3.8, 4) is 0 Å². The van der Waals surface area contributed by atoms with Crippen LogP contribution in [-0.4, -0.2) is 37.6 Å². The standard InChI is InChI=1S/C23H30N2O2/c1-18-12-14-25(15-13-18)22(19-8-4-3-5-9-19)16-24-23(26)21-11-7-6-10-20(21)17-27-2/h3-11,18,22H,12-17H2,1-2H3,(H,24,26). The third-order valence-electron chi connectivity index (χ3n) is 5.46. The number of benzene rings is 2. The number of amides is 1. The second-order valence-corrected chi connectivity index (χ2v) is 7.45. The van der Waals surface area contributed by atoms with Crippen LogP contribution in [0.5, 0.6) is 0 Å². The molecule has 2 aromatic rings. The van der Waals surface area contributed by atoms with E-state index in [9.17, 15) is 4.79 Å². The average Bonchev–Trinajstić information content (AvgIpc) is 2.71. The lowest BCUT2D eigenvalue weighted by atomic mass is 9.95. The van der Waals surface area contributed by atoms with Crippen LogP contribution in [0.4, 0.5) is 0 Å². The largest absolute Gasteiger partial charge is 0.380 e. The lowest BCUT2D eigenvalue weighted by Gasteiger charge is -2.37. The highest BCUT2D eigenvalue weighted by molar-refractivity contribution is 5.95. The molecule has 0 saturated carbocycles. The van der Waals surface area contributed by atoms with E-state index in [-0.39, 0.29) is 11.9 Å². The van der Waals surface area contributed by atoms with Crippen molar-refractivity contribution >= 4 is 5.91 Å². The Kier molecular flexibility index (Phi) is 7.02. The number of rotatable bonds is 7. The second kappa shape index (κ2) is 9.67. The Morgan fingerprint density at radius 1 is 1.11 bits per heavy atom. The van der Waals surface area contributed by atoms with Gasteiger partial charge in [-0.25, -0.2) is 0 Å². The van der Waals surface area contributed by atoms with Gasteiger partial charge in [0, 0.05) is 19.2 Å². The van der Waals surface area contributed by atoms with Gasteiger partial charge in [-0.3, -0.25) is 9.69 Å². The van der Waals surface area contributed by atoms with Crippen LogP contribution in [0.2, 0.25) is 0 Å². The van der Waals surface area contributed by atoms with E-state index in [1.54, 1.807) is 7.11 Å². The number of likely N-dealkylation sites (tertiary alicyclic amines) is 1. The molecule has 27 heavy (non-hydrogen) atoms. The van der Waals surface area contributed by atoms with E-state index in [2.05, 4.69) is 41.4 Å². The van der Waals surface area contributed by atoms with E-state index in [0.717, 1.165) is 24.6 Å². The zero-order valence-corrected chi connectivity index (χ0v) is 16.4. The van der Waals surface area contributed by atoms with E-state index in [1.165, 1.54) is 18.4 Å². The molecule has 3 rings (SSSR count). The summed E-state index contributed by atoms with van der Waals surface area (Å²) in [6.07, 6.45) is 2.43. The number of nitrogens with one attached hydrogen (secondary N) is 1. The summed E-state index contributed by atoms with van der Waals surface area (Å²) in [5.74, 6) is 0.752. The summed E-state index contributed by atoms with van der Waals surface area (Å²) in [6.45, 7) is 5.53. The molecule has 0 spiro atoms. The zero-order valence-electron chi connectivity index (χ0n) is 16.4. The summed E-state index contributed by atoms with van der Waals surface area (Å²) in [7, 11) is 1.65. The molecule has 1 unspecified atom stereocenters. The number of hydrogen-bond donors (Lipinski definition) is 1. The minimum atomic E-state index is -0.0334. The maximum atomic E-state index is 12.8. The van der Waals surface area contributed by atoms with Crippen molar-refractivity contribution in [3.63, 3.8) is 0 Å². The topological polar surface area (TPSA) is 41.6 Å². The maximum absolute atomic E-state index is 12.8. The highest BCUT2D eigenvalue weighted by Crippen LogP contribution is 2.26. The van der Waals surface area contributed by atoms with Crippen LogP contribution in [0, 0.1) is 5.92 Å². The number of carbonyl (C=O) groups excluding carboxylic acids is 1. The minimum absolute atomic E-state index is 0.0334.